The van der Waals surface area contributed by atoms with Gasteiger partial charge in [-0.3, -0.25) is 9.58 Å². The van der Waals surface area contributed by atoms with Crippen molar-refractivity contribution in [2.45, 2.75) is 38.5 Å². The SMILES string of the molecule is COc1cnn(C(C)C)c1C(O)C1CN(C)CCCN1C. The molecule has 1 aliphatic heterocycles. The highest BCUT2D eigenvalue weighted by atomic mass is 16.5. The lowest BCUT2D eigenvalue weighted by Crippen LogP contribution is -2.43. The summed E-state index contributed by atoms with van der Waals surface area (Å²) in [5.74, 6) is 0.663. The van der Waals surface area contributed by atoms with Crippen LogP contribution in [0.3, 0.4) is 0 Å². The van der Waals surface area contributed by atoms with Crippen molar-refractivity contribution in [2.24, 2.45) is 0 Å². The Labute approximate surface area is 127 Å². The summed E-state index contributed by atoms with van der Waals surface area (Å²) in [7, 11) is 5.81. The average Bonchev–Trinajstić information content (AvgIpc) is 2.80. The first-order valence-electron chi connectivity index (χ1n) is 7.64. The first-order chi connectivity index (χ1) is 9.95. The van der Waals surface area contributed by atoms with Crippen LogP contribution in [0.5, 0.6) is 5.75 Å². The summed E-state index contributed by atoms with van der Waals surface area (Å²) >= 11 is 0. The molecule has 2 unspecified atom stereocenters. The van der Waals surface area contributed by atoms with Crippen molar-refractivity contribution in [1.29, 1.82) is 0 Å². The van der Waals surface area contributed by atoms with E-state index < -0.39 is 6.10 Å². The molecule has 0 spiro atoms. The Morgan fingerprint density at radius 1 is 1.33 bits per heavy atom. The predicted molar refractivity (Wildman–Crippen MR) is 82.7 cm³/mol. The Hall–Kier alpha value is -1.11. The third kappa shape index (κ3) is 3.39. The highest BCUT2D eigenvalue weighted by Gasteiger charge is 2.33. The highest BCUT2D eigenvalue weighted by molar-refractivity contribution is 5.29. The molecule has 6 nitrogen and oxygen atoms in total. The molecule has 1 aliphatic rings. The number of hydrogen-bond donors (Lipinski definition) is 1. The molecule has 0 bridgehead atoms. The van der Waals surface area contributed by atoms with Crippen LogP contribution in [0.1, 0.15) is 38.1 Å². The van der Waals surface area contributed by atoms with Crippen LogP contribution in [0.4, 0.5) is 0 Å². The second kappa shape index (κ2) is 6.77. The molecule has 21 heavy (non-hydrogen) atoms. The minimum atomic E-state index is -0.615. The molecule has 0 aliphatic carbocycles. The Bertz CT molecular complexity index is 461. The Balaban J connectivity index is 2.33. The van der Waals surface area contributed by atoms with Crippen LogP contribution in [-0.2, 0) is 0 Å². The van der Waals surface area contributed by atoms with Gasteiger partial charge in [0.15, 0.2) is 5.75 Å². The first-order valence-corrected chi connectivity index (χ1v) is 7.64. The fourth-order valence-corrected chi connectivity index (χ4v) is 3.03. The van der Waals surface area contributed by atoms with Crippen molar-refractivity contribution in [3.8, 4) is 5.75 Å². The number of hydrogen-bond acceptors (Lipinski definition) is 5. The number of likely N-dealkylation sites (N-methyl/N-ethyl adjacent to an activating group) is 2. The van der Waals surface area contributed by atoms with Crippen LogP contribution >= 0.6 is 0 Å². The standard InChI is InChI=1S/C15H28N4O2/c1-11(2)19-14(13(21-5)9-16-19)15(20)12-10-17(3)7-6-8-18(12)4/h9,11-12,15,20H,6-8,10H2,1-5H3. The summed E-state index contributed by atoms with van der Waals surface area (Å²) in [5, 5.41) is 15.3. The van der Waals surface area contributed by atoms with Gasteiger partial charge in [-0.2, -0.15) is 5.10 Å². The number of aliphatic hydroxyl groups excluding tert-OH is 1. The smallest absolute Gasteiger partial charge is 0.162 e. The average molecular weight is 296 g/mol. The molecule has 0 aromatic carbocycles. The maximum absolute atomic E-state index is 11.0. The number of aliphatic hydroxyl groups is 1. The van der Waals surface area contributed by atoms with E-state index in [1.54, 1.807) is 13.3 Å². The minimum Gasteiger partial charge on any atom is -0.493 e. The van der Waals surface area contributed by atoms with Gasteiger partial charge < -0.3 is 14.7 Å². The maximum atomic E-state index is 11.0. The van der Waals surface area contributed by atoms with Gasteiger partial charge in [-0.25, -0.2) is 0 Å². The van der Waals surface area contributed by atoms with E-state index in [9.17, 15) is 5.11 Å². The molecular formula is C15H28N4O2. The molecule has 6 heteroatoms. The van der Waals surface area contributed by atoms with E-state index in [4.69, 9.17) is 4.74 Å². The number of nitrogens with zero attached hydrogens (tertiary/aromatic N) is 4. The van der Waals surface area contributed by atoms with Crippen molar-refractivity contribution < 1.29 is 9.84 Å². The molecule has 1 N–H and O–H groups in total. The monoisotopic (exact) mass is 296 g/mol. The van der Waals surface area contributed by atoms with E-state index in [0.29, 0.717) is 5.75 Å². The van der Waals surface area contributed by atoms with Gasteiger partial charge in [0.25, 0.3) is 0 Å². The number of rotatable bonds is 4. The predicted octanol–water partition coefficient (Wildman–Crippen LogP) is 1.14. The summed E-state index contributed by atoms with van der Waals surface area (Å²) < 4.78 is 7.27. The van der Waals surface area contributed by atoms with Crippen LogP contribution in [-0.4, -0.2) is 71.6 Å². The summed E-state index contributed by atoms with van der Waals surface area (Å²) in [6, 6.07) is 0.230. The van der Waals surface area contributed by atoms with Crippen molar-refractivity contribution in [3.05, 3.63) is 11.9 Å². The number of ether oxygens (including phenoxy) is 1. The van der Waals surface area contributed by atoms with Crippen LogP contribution in [0.25, 0.3) is 0 Å². The quantitative estimate of drug-likeness (QED) is 0.903. The first kappa shape index (κ1) is 16.3. The van der Waals surface area contributed by atoms with Gasteiger partial charge in [0.05, 0.1) is 19.3 Å². The normalized spacial score (nSPS) is 23.3. The van der Waals surface area contributed by atoms with E-state index >= 15 is 0 Å². The van der Waals surface area contributed by atoms with Gasteiger partial charge in [-0.1, -0.05) is 0 Å². The summed E-state index contributed by atoms with van der Waals surface area (Å²) in [6.07, 6.45) is 2.20. The van der Waals surface area contributed by atoms with Crippen molar-refractivity contribution >= 4 is 0 Å². The summed E-state index contributed by atoms with van der Waals surface area (Å²) in [5.41, 5.74) is 0.777. The van der Waals surface area contributed by atoms with Crippen LogP contribution in [0, 0.1) is 0 Å². The zero-order valence-corrected chi connectivity index (χ0v) is 13.8. The largest absolute Gasteiger partial charge is 0.493 e. The molecule has 2 heterocycles. The van der Waals surface area contributed by atoms with Gasteiger partial charge in [0.2, 0.25) is 0 Å². The topological polar surface area (TPSA) is 53.8 Å². The van der Waals surface area contributed by atoms with Crippen molar-refractivity contribution in [3.63, 3.8) is 0 Å². The molecule has 1 aromatic heterocycles. The summed E-state index contributed by atoms with van der Waals surface area (Å²) in [6.45, 7) is 7.01. The highest BCUT2D eigenvalue weighted by Crippen LogP contribution is 2.31. The van der Waals surface area contributed by atoms with Gasteiger partial charge in [0.1, 0.15) is 11.8 Å². The fraction of sp³-hybridized carbons (Fsp3) is 0.800. The van der Waals surface area contributed by atoms with E-state index in [-0.39, 0.29) is 12.1 Å². The minimum absolute atomic E-state index is 0.0422. The third-order valence-corrected chi connectivity index (χ3v) is 4.27. The van der Waals surface area contributed by atoms with Crippen molar-refractivity contribution in [1.82, 2.24) is 19.6 Å². The molecule has 0 radical (unpaired) electrons. The van der Waals surface area contributed by atoms with Crippen LogP contribution in [0.15, 0.2) is 6.20 Å². The zero-order chi connectivity index (χ0) is 15.6. The van der Waals surface area contributed by atoms with Gasteiger partial charge in [-0.15, -0.1) is 0 Å². The third-order valence-electron chi connectivity index (χ3n) is 4.27. The molecular weight excluding hydrogens is 268 g/mol. The molecule has 0 saturated carbocycles. The number of methoxy groups -OCH3 is 1. The molecule has 2 rings (SSSR count). The molecule has 120 valence electrons. The molecule has 2 atom stereocenters. The lowest BCUT2D eigenvalue weighted by molar-refractivity contribution is 0.0484. The van der Waals surface area contributed by atoms with Gasteiger partial charge in [0, 0.05) is 12.6 Å². The van der Waals surface area contributed by atoms with E-state index in [1.165, 1.54) is 0 Å². The second-order valence-corrected chi connectivity index (χ2v) is 6.25. The Kier molecular flexibility index (Phi) is 5.24. The zero-order valence-electron chi connectivity index (χ0n) is 13.8. The van der Waals surface area contributed by atoms with E-state index in [2.05, 4.69) is 42.8 Å². The lowest BCUT2D eigenvalue weighted by atomic mass is 10.1. The maximum Gasteiger partial charge on any atom is 0.162 e. The van der Waals surface area contributed by atoms with E-state index in [1.807, 2.05) is 4.68 Å². The van der Waals surface area contributed by atoms with Crippen LogP contribution < -0.4 is 4.74 Å². The van der Waals surface area contributed by atoms with Crippen LogP contribution in [0.2, 0.25) is 0 Å². The Morgan fingerprint density at radius 3 is 2.67 bits per heavy atom. The summed E-state index contributed by atoms with van der Waals surface area (Å²) in [4.78, 5) is 4.52. The van der Waals surface area contributed by atoms with Gasteiger partial charge >= 0.3 is 0 Å². The molecule has 0 amide bonds. The molecule has 1 aromatic rings. The fourth-order valence-electron chi connectivity index (χ4n) is 3.03. The lowest BCUT2D eigenvalue weighted by Gasteiger charge is -2.32. The molecule has 1 saturated heterocycles. The number of aromatic nitrogens is 2. The Morgan fingerprint density at radius 2 is 2.05 bits per heavy atom. The van der Waals surface area contributed by atoms with Gasteiger partial charge in [-0.05, 0) is 47.5 Å². The van der Waals surface area contributed by atoms with Crippen molar-refractivity contribution in [2.75, 3.05) is 40.8 Å². The second-order valence-electron chi connectivity index (χ2n) is 6.25. The molecule has 1 fully saturated rings. The van der Waals surface area contributed by atoms with E-state index in [0.717, 1.165) is 31.7 Å².